The van der Waals surface area contributed by atoms with E-state index in [0.29, 0.717) is 11.8 Å². The van der Waals surface area contributed by atoms with Crippen molar-refractivity contribution in [3.8, 4) is 11.8 Å². The normalized spacial score (nSPS) is 8.42. The minimum absolute atomic E-state index is 0.0627. The molecule has 1 aromatic rings. The third-order valence-corrected chi connectivity index (χ3v) is 1.41. The van der Waals surface area contributed by atoms with Gasteiger partial charge in [-0.1, -0.05) is 17.5 Å². The number of carbonyl (C=O) groups is 1. The molecule has 1 N–H and O–H groups in total. The number of hydrogen-bond donors (Lipinski definition) is 1. The number of rotatable bonds is 0. The average molecular weight is 182 g/mol. The first-order valence-corrected chi connectivity index (χ1v) is 3.45. The fourth-order valence-corrected chi connectivity index (χ4v) is 0.813. The number of aldehydes is 1. The third-order valence-electron chi connectivity index (χ3n) is 1.13. The monoisotopic (exact) mass is 181 g/mol. The molecule has 0 atom stereocenters. The van der Waals surface area contributed by atoms with Crippen LogP contribution in [0.3, 0.4) is 0 Å². The summed E-state index contributed by atoms with van der Waals surface area (Å²) in [6.45, 7) is 0. The highest BCUT2D eigenvalue weighted by Gasteiger charge is 1.94. The van der Waals surface area contributed by atoms with E-state index in [1.165, 1.54) is 12.3 Å². The first kappa shape index (κ1) is 8.57. The van der Waals surface area contributed by atoms with Crippen LogP contribution in [0.25, 0.3) is 0 Å². The fraction of sp³-hybridized carbons (Fsp3) is 0. The minimum Gasteiger partial charge on any atom is -0.327 e. The Kier molecular flexibility index (Phi) is 2.67. The molecule has 0 aliphatic carbocycles. The molecule has 0 radical (unpaired) electrons. The molecule has 0 aliphatic rings. The summed E-state index contributed by atoms with van der Waals surface area (Å²) in [5.74, 6) is 4.69. The van der Waals surface area contributed by atoms with Crippen LogP contribution in [0.1, 0.15) is 5.56 Å². The topological polar surface area (TPSA) is 49.9 Å². The van der Waals surface area contributed by atoms with Crippen molar-refractivity contribution in [3.05, 3.63) is 33.2 Å². The summed E-state index contributed by atoms with van der Waals surface area (Å²) in [5.41, 5.74) is 0.139. The molecule has 0 saturated carbocycles. The fourth-order valence-electron chi connectivity index (χ4n) is 0.641. The summed E-state index contributed by atoms with van der Waals surface area (Å²) in [4.78, 5) is 23.0. The maximum Gasteiger partial charge on any atom is 0.266 e. The van der Waals surface area contributed by atoms with E-state index in [-0.39, 0.29) is 10.6 Å². The molecule has 1 rings (SSSR count). The highest BCUT2D eigenvalue weighted by Crippen LogP contribution is 2.01. The van der Waals surface area contributed by atoms with E-state index in [1.54, 1.807) is 0 Å². The number of aromatic amines is 1. The molecule has 12 heavy (non-hydrogen) atoms. The van der Waals surface area contributed by atoms with Crippen LogP contribution in [0.2, 0.25) is 5.02 Å². The van der Waals surface area contributed by atoms with E-state index in [1.807, 2.05) is 0 Å². The summed E-state index contributed by atoms with van der Waals surface area (Å²) in [5, 5.41) is 0.0627. The van der Waals surface area contributed by atoms with Crippen LogP contribution in [-0.2, 0) is 4.79 Å². The van der Waals surface area contributed by atoms with Crippen LogP contribution in [0.15, 0.2) is 17.1 Å². The zero-order valence-electron chi connectivity index (χ0n) is 5.93. The van der Waals surface area contributed by atoms with Crippen molar-refractivity contribution in [2.75, 3.05) is 0 Å². The van der Waals surface area contributed by atoms with Gasteiger partial charge in [-0.05, 0) is 12.0 Å². The van der Waals surface area contributed by atoms with Gasteiger partial charge in [0.05, 0.1) is 0 Å². The summed E-state index contributed by atoms with van der Waals surface area (Å²) in [6.07, 6.45) is 1.86. The lowest BCUT2D eigenvalue weighted by Gasteiger charge is -1.89. The molecule has 0 unspecified atom stereocenters. The summed E-state index contributed by atoms with van der Waals surface area (Å²) < 4.78 is 0. The Labute approximate surface area is 73.4 Å². The molecule has 0 spiro atoms. The van der Waals surface area contributed by atoms with Gasteiger partial charge in [-0.15, -0.1) is 0 Å². The molecule has 0 fully saturated rings. The van der Waals surface area contributed by atoms with Crippen molar-refractivity contribution >= 4 is 17.9 Å². The lowest BCUT2D eigenvalue weighted by Crippen LogP contribution is -2.04. The number of nitrogens with one attached hydrogen (secondary N) is 1. The molecule has 0 bridgehead atoms. The van der Waals surface area contributed by atoms with E-state index < -0.39 is 0 Å². The first-order valence-electron chi connectivity index (χ1n) is 3.07. The van der Waals surface area contributed by atoms with Crippen molar-refractivity contribution in [2.45, 2.75) is 0 Å². The maximum absolute atomic E-state index is 10.7. The predicted molar refractivity (Wildman–Crippen MR) is 45.0 cm³/mol. The van der Waals surface area contributed by atoms with Gasteiger partial charge in [0.25, 0.3) is 5.56 Å². The van der Waals surface area contributed by atoms with Gasteiger partial charge >= 0.3 is 0 Å². The van der Waals surface area contributed by atoms with Crippen molar-refractivity contribution in [3.63, 3.8) is 0 Å². The zero-order chi connectivity index (χ0) is 8.97. The lowest BCUT2D eigenvalue weighted by atomic mass is 10.3. The average Bonchev–Trinajstić information content (AvgIpc) is 2.07. The number of hydrogen-bond acceptors (Lipinski definition) is 2. The van der Waals surface area contributed by atoms with Gasteiger partial charge in [-0.25, -0.2) is 0 Å². The van der Waals surface area contributed by atoms with E-state index in [9.17, 15) is 9.59 Å². The van der Waals surface area contributed by atoms with E-state index in [4.69, 9.17) is 11.6 Å². The van der Waals surface area contributed by atoms with Crippen molar-refractivity contribution in [1.82, 2.24) is 4.98 Å². The number of aromatic nitrogens is 1. The Morgan fingerprint density at radius 1 is 1.58 bits per heavy atom. The molecular formula is C8H4ClNO2. The van der Waals surface area contributed by atoms with Gasteiger partial charge in [-0.3, -0.25) is 9.59 Å². The second kappa shape index (κ2) is 3.74. The zero-order valence-corrected chi connectivity index (χ0v) is 6.68. The standard InChI is InChI=1S/C8H4ClNO2/c9-7-4-6(2-1-3-11)5-10-8(7)12/h3-5H,(H,10,12). The van der Waals surface area contributed by atoms with Crippen LogP contribution in [0, 0.1) is 11.8 Å². The Morgan fingerprint density at radius 3 is 2.92 bits per heavy atom. The summed E-state index contributed by atoms with van der Waals surface area (Å²) in [6, 6.07) is 1.40. The smallest absolute Gasteiger partial charge is 0.266 e. The number of pyridine rings is 1. The molecule has 1 heterocycles. The second-order valence-electron chi connectivity index (χ2n) is 1.95. The van der Waals surface area contributed by atoms with Crippen LogP contribution >= 0.6 is 11.6 Å². The summed E-state index contributed by atoms with van der Waals surface area (Å²) >= 11 is 5.49. The van der Waals surface area contributed by atoms with E-state index in [0.717, 1.165) is 0 Å². The van der Waals surface area contributed by atoms with Crippen LogP contribution in [-0.4, -0.2) is 11.3 Å². The minimum atomic E-state index is -0.367. The van der Waals surface area contributed by atoms with Crippen molar-refractivity contribution in [2.24, 2.45) is 0 Å². The van der Waals surface area contributed by atoms with Gasteiger partial charge in [0.2, 0.25) is 0 Å². The Balaban J connectivity index is 3.13. The quantitative estimate of drug-likeness (QED) is 0.470. The summed E-state index contributed by atoms with van der Waals surface area (Å²) in [7, 11) is 0. The molecule has 1 aromatic heterocycles. The van der Waals surface area contributed by atoms with Gasteiger partial charge in [0.15, 0.2) is 6.29 Å². The maximum atomic E-state index is 10.7. The van der Waals surface area contributed by atoms with Gasteiger partial charge in [0.1, 0.15) is 5.02 Å². The van der Waals surface area contributed by atoms with Crippen LogP contribution < -0.4 is 5.56 Å². The number of halogens is 1. The van der Waals surface area contributed by atoms with Gasteiger partial charge < -0.3 is 4.98 Å². The number of H-pyrrole nitrogens is 1. The van der Waals surface area contributed by atoms with Crippen LogP contribution in [0.4, 0.5) is 0 Å². The van der Waals surface area contributed by atoms with Gasteiger partial charge in [0, 0.05) is 11.8 Å². The number of carbonyl (C=O) groups excluding carboxylic acids is 1. The Bertz CT molecular complexity index is 411. The van der Waals surface area contributed by atoms with Gasteiger partial charge in [-0.2, -0.15) is 0 Å². The highest BCUT2D eigenvalue weighted by atomic mass is 35.5. The predicted octanol–water partition coefficient (Wildman–Crippen LogP) is 0.579. The molecular weight excluding hydrogens is 178 g/mol. The third kappa shape index (κ3) is 1.97. The Hall–Kier alpha value is -1.53. The SMILES string of the molecule is O=CC#Cc1c[nH]c(=O)c(Cl)c1. The van der Waals surface area contributed by atoms with Crippen molar-refractivity contribution in [1.29, 1.82) is 0 Å². The van der Waals surface area contributed by atoms with Crippen molar-refractivity contribution < 1.29 is 4.79 Å². The van der Waals surface area contributed by atoms with E-state index in [2.05, 4.69) is 16.8 Å². The lowest BCUT2D eigenvalue weighted by molar-refractivity contribution is -0.103. The molecule has 3 nitrogen and oxygen atoms in total. The highest BCUT2D eigenvalue weighted by molar-refractivity contribution is 6.30. The van der Waals surface area contributed by atoms with Crippen LogP contribution in [0.5, 0.6) is 0 Å². The first-order chi connectivity index (χ1) is 5.74. The second-order valence-corrected chi connectivity index (χ2v) is 2.36. The Morgan fingerprint density at radius 2 is 2.33 bits per heavy atom. The largest absolute Gasteiger partial charge is 0.327 e. The molecule has 0 aromatic carbocycles. The molecule has 0 amide bonds. The molecule has 0 aliphatic heterocycles. The molecule has 60 valence electrons. The van der Waals surface area contributed by atoms with E-state index >= 15 is 0 Å². The molecule has 4 heteroatoms. The molecule has 0 saturated heterocycles.